The van der Waals surface area contributed by atoms with E-state index in [1.807, 2.05) is 50.2 Å². The molecule has 0 fully saturated rings. The summed E-state index contributed by atoms with van der Waals surface area (Å²) in [7, 11) is 0. The highest BCUT2D eigenvalue weighted by molar-refractivity contribution is 9.10. The third-order valence-electron chi connectivity index (χ3n) is 2.82. The van der Waals surface area contributed by atoms with Crippen molar-refractivity contribution in [2.24, 2.45) is 0 Å². The van der Waals surface area contributed by atoms with Gasteiger partial charge in [0.05, 0.1) is 11.8 Å². The zero-order valence-electron chi connectivity index (χ0n) is 11.7. The Morgan fingerprint density at radius 3 is 2.65 bits per heavy atom. The number of halogens is 1. The first-order chi connectivity index (χ1) is 9.56. The lowest BCUT2D eigenvalue weighted by molar-refractivity contribution is 0.244. The molecule has 3 nitrogen and oxygen atoms in total. The van der Waals surface area contributed by atoms with Gasteiger partial charge in [0.2, 0.25) is 0 Å². The molecule has 0 aliphatic carbocycles. The number of nitrogens with two attached hydrogens (primary N) is 1. The van der Waals surface area contributed by atoms with Crippen molar-refractivity contribution in [2.75, 3.05) is 11.1 Å². The van der Waals surface area contributed by atoms with Crippen LogP contribution in [0.1, 0.15) is 19.4 Å². The fraction of sp³-hybridized carbons (Fsp3) is 0.250. The minimum atomic E-state index is 0.107. The van der Waals surface area contributed by atoms with Crippen molar-refractivity contribution in [1.82, 2.24) is 0 Å². The lowest BCUT2D eigenvalue weighted by Crippen LogP contribution is -2.08. The summed E-state index contributed by atoms with van der Waals surface area (Å²) >= 11 is 3.54. The maximum atomic E-state index is 5.91. The molecule has 0 radical (unpaired) electrons. The van der Waals surface area contributed by atoms with E-state index in [9.17, 15) is 0 Å². The summed E-state index contributed by atoms with van der Waals surface area (Å²) in [6, 6.07) is 13.9. The lowest BCUT2D eigenvalue weighted by atomic mass is 10.2. The second-order valence-corrected chi connectivity index (χ2v) is 5.72. The van der Waals surface area contributed by atoms with Gasteiger partial charge in [0.15, 0.2) is 0 Å². The van der Waals surface area contributed by atoms with E-state index in [1.165, 1.54) is 5.56 Å². The van der Waals surface area contributed by atoms with Crippen molar-refractivity contribution in [3.63, 3.8) is 0 Å². The van der Waals surface area contributed by atoms with Crippen LogP contribution in [0.5, 0.6) is 5.75 Å². The van der Waals surface area contributed by atoms with Gasteiger partial charge in [-0.15, -0.1) is 0 Å². The molecular weight excluding hydrogens is 316 g/mol. The van der Waals surface area contributed by atoms with Crippen LogP contribution in [0.3, 0.4) is 0 Å². The van der Waals surface area contributed by atoms with Crippen LogP contribution in [0.2, 0.25) is 0 Å². The van der Waals surface area contributed by atoms with Gasteiger partial charge in [-0.2, -0.15) is 0 Å². The van der Waals surface area contributed by atoms with Gasteiger partial charge in [0.25, 0.3) is 0 Å². The second kappa shape index (κ2) is 6.66. The minimum Gasteiger partial charge on any atom is -0.489 e. The van der Waals surface area contributed by atoms with Crippen LogP contribution >= 0.6 is 15.9 Å². The van der Waals surface area contributed by atoms with E-state index in [0.717, 1.165) is 22.5 Å². The number of nitrogen functional groups attached to an aromatic ring is 1. The number of nitrogens with one attached hydrogen (secondary N) is 1. The van der Waals surface area contributed by atoms with E-state index in [1.54, 1.807) is 0 Å². The Labute approximate surface area is 128 Å². The van der Waals surface area contributed by atoms with Crippen molar-refractivity contribution in [3.8, 4) is 5.75 Å². The Kier molecular flexibility index (Phi) is 4.90. The highest BCUT2D eigenvalue weighted by Gasteiger charge is 2.05. The van der Waals surface area contributed by atoms with Crippen LogP contribution in [0.4, 0.5) is 11.4 Å². The van der Waals surface area contributed by atoms with E-state index in [2.05, 4.69) is 27.3 Å². The molecule has 0 saturated carbocycles. The topological polar surface area (TPSA) is 47.3 Å². The van der Waals surface area contributed by atoms with Crippen molar-refractivity contribution in [2.45, 2.75) is 26.5 Å². The van der Waals surface area contributed by atoms with Gasteiger partial charge in [0, 0.05) is 22.8 Å². The smallest absolute Gasteiger partial charge is 0.144 e. The van der Waals surface area contributed by atoms with E-state index in [4.69, 9.17) is 10.5 Å². The summed E-state index contributed by atoms with van der Waals surface area (Å²) in [4.78, 5) is 0. The molecule has 0 unspecified atom stereocenters. The number of ether oxygens (including phenoxy) is 1. The molecule has 20 heavy (non-hydrogen) atoms. The molecule has 0 bridgehead atoms. The molecule has 2 aromatic rings. The highest BCUT2D eigenvalue weighted by Crippen LogP contribution is 2.27. The van der Waals surface area contributed by atoms with Gasteiger partial charge in [-0.05, 0) is 37.6 Å². The summed E-state index contributed by atoms with van der Waals surface area (Å²) in [5.74, 6) is 0.720. The summed E-state index contributed by atoms with van der Waals surface area (Å²) < 4.78 is 6.79. The fourth-order valence-corrected chi connectivity index (χ4v) is 2.26. The van der Waals surface area contributed by atoms with Crippen LogP contribution in [0, 0.1) is 0 Å². The molecule has 0 aliphatic rings. The summed E-state index contributed by atoms with van der Waals surface area (Å²) in [6.07, 6.45) is 0.107. The van der Waals surface area contributed by atoms with Gasteiger partial charge < -0.3 is 15.8 Å². The van der Waals surface area contributed by atoms with E-state index in [0.29, 0.717) is 5.69 Å². The second-order valence-electron chi connectivity index (χ2n) is 4.86. The number of rotatable bonds is 5. The molecular formula is C16H19BrN2O. The van der Waals surface area contributed by atoms with Crippen molar-refractivity contribution < 1.29 is 4.74 Å². The largest absolute Gasteiger partial charge is 0.489 e. The van der Waals surface area contributed by atoms with Crippen molar-refractivity contribution >= 4 is 27.3 Å². The van der Waals surface area contributed by atoms with Crippen molar-refractivity contribution in [3.05, 3.63) is 52.5 Å². The molecule has 2 rings (SSSR count). The van der Waals surface area contributed by atoms with Crippen LogP contribution in [-0.4, -0.2) is 6.10 Å². The highest BCUT2D eigenvalue weighted by atomic mass is 79.9. The van der Waals surface area contributed by atoms with E-state index in [-0.39, 0.29) is 6.10 Å². The monoisotopic (exact) mass is 334 g/mol. The quantitative estimate of drug-likeness (QED) is 0.795. The molecule has 106 valence electrons. The lowest BCUT2D eigenvalue weighted by Gasteiger charge is -2.14. The normalized spacial score (nSPS) is 10.6. The Hall–Kier alpha value is -1.68. The molecule has 0 spiro atoms. The molecule has 0 atom stereocenters. The van der Waals surface area contributed by atoms with Gasteiger partial charge >= 0.3 is 0 Å². The average Bonchev–Trinajstić information content (AvgIpc) is 2.40. The third kappa shape index (κ3) is 3.90. The Balaban J connectivity index is 2.08. The minimum absolute atomic E-state index is 0.107. The maximum absolute atomic E-state index is 5.91. The summed E-state index contributed by atoms with van der Waals surface area (Å²) in [5, 5.41) is 3.38. The molecule has 2 aromatic carbocycles. The van der Waals surface area contributed by atoms with Crippen LogP contribution < -0.4 is 15.8 Å². The van der Waals surface area contributed by atoms with Crippen LogP contribution in [-0.2, 0) is 6.54 Å². The SMILES string of the molecule is CC(C)Oc1cc(NCc2ccccc2Br)ccc1N. The number of anilines is 2. The first-order valence-corrected chi connectivity index (χ1v) is 7.39. The zero-order valence-corrected chi connectivity index (χ0v) is 13.3. The third-order valence-corrected chi connectivity index (χ3v) is 3.59. The summed E-state index contributed by atoms with van der Waals surface area (Å²) in [5.41, 5.74) is 8.76. The molecule has 4 heteroatoms. The van der Waals surface area contributed by atoms with Gasteiger partial charge in [-0.1, -0.05) is 34.1 Å². The fourth-order valence-electron chi connectivity index (χ4n) is 1.84. The predicted octanol–water partition coefficient (Wildman–Crippen LogP) is 4.43. The average molecular weight is 335 g/mol. The Bertz CT molecular complexity index is 584. The number of hydrogen-bond donors (Lipinski definition) is 2. The van der Waals surface area contributed by atoms with E-state index >= 15 is 0 Å². The molecule has 3 N–H and O–H groups in total. The molecule has 0 heterocycles. The van der Waals surface area contributed by atoms with Gasteiger partial charge in [-0.25, -0.2) is 0 Å². The standard InChI is InChI=1S/C16H19BrN2O/c1-11(2)20-16-9-13(7-8-15(16)18)19-10-12-5-3-4-6-14(12)17/h3-9,11,19H,10,18H2,1-2H3. The predicted molar refractivity (Wildman–Crippen MR) is 88.1 cm³/mol. The first kappa shape index (κ1) is 14.7. The maximum Gasteiger partial charge on any atom is 0.144 e. The van der Waals surface area contributed by atoms with Gasteiger partial charge in [0.1, 0.15) is 5.75 Å². The Morgan fingerprint density at radius 2 is 1.95 bits per heavy atom. The molecule has 0 aromatic heterocycles. The summed E-state index contributed by atoms with van der Waals surface area (Å²) in [6.45, 7) is 4.72. The Morgan fingerprint density at radius 1 is 1.20 bits per heavy atom. The van der Waals surface area contributed by atoms with Crippen LogP contribution in [0.15, 0.2) is 46.9 Å². The zero-order chi connectivity index (χ0) is 14.5. The van der Waals surface area contributed by atoms with Gasteiger partial charge in [-0.3, -0.25) is 0 Å². The molecule has 0 aliphatic heterocycles. The molecule has 0 saturated heterocycles. The number of benzene rings is 2. The van der Waals surface area contributed by atoms with Crippen LogP contribution in [0.25, 0.3) is 0 Å². The van der Waals surface area contributed by atoms with E-state index < -0.39 is 0 Å². The molecule has 0 amide bonds. The number of hydrogen-bond acceptors (Lipinski definition) is 3. The first-order valence-electron chi connectivity index (χ1n) is 6.59. The van der Waals surface area contributed by atoms with Crippen molar-refractivity contribution in [1.29, 1.82) is 0 Å².